The second kappa shape index (κ2) is 4.11. The fraction of sp³-hybridized carbons (Fsp3) is 0.417. The minimum absolute atomic E-state index is 0.126. The van der Waals surface area contributed by atoms with Crippen LogP contribution in [0.4, 0.5) is 0 Å². The lowest BCUT2D eigenvalue weighted by Crippen LogP contribution is -2.14. The molecule has 0 N–H and O–H groups in total. The highest BCUT2D eigenvalue weighted by atomic mass is 35.5. The van der Waals surface area contributed by atoms with Crippen molar-refractivity contribution in [1.82, 2.24) is 15.0 Å². The van der Waals surface area contributed by atoms with E-state index in [1.165, 1.54) is 0 Å². The Kier molecular flexibility index (Phi) is 2.91. The summed E-state index contributed by atoms with van der Waals surface area (Å²) in [6.45, 7) is 6.23. The van der Waals surface area contributed by atoms with Gasteiger partial charge >= 0.3 is 0 Å². The van der Waals surface area contributed by atoms with Crippen LogP contribution >= 0.6 is 11.6 Å². The average molecular weight is 252 g/mol. The van der Waals surface area contributed by atoms with E-state index in [9.17, 15) is 0 Å². The van der Waals surface area contributed by atoms with Gasteiger partial charge in [-0.3, -0.25) is 0 Å². The van der Waals surface area contributed by atoms with Crippen LogP contribution in [-0.4, -0.2) is 22.1 Å². The molecule has 2 rings (SSSR count). The highest BCUT2D eigenvalue weighted by Crippen LogP contribution is 2.33. The third-order valence-corrected chi connectivity index (χ3v) is 2.75. The first-order chi connectivity index (χ1) is 7.93. The number of nitrogens with zero attached hydrogens (tertiary/aromatic N) is 3. The van der Waals surface area contributed by atoms with Crippen LogP contribution in [0.2, 0.25) is 5.02 Å². The Labute approximate surface area is 105 Å². The highest BCUT2D eigenvalue weighted by Gasteiger charge is 2.22. The van der Waals surface area contributed by atoms with Gasteiger partial charge in [0.15, 0.2) is 5.65 Å². The van der Waals surface area contributed by atoms with E-state index in [0.29, 0.717) is 22.1 Å². The van der Waals surface area contributed by atoms with Crippen LogP contribution in [-0.2, 0) is 5.41 Å². The summed E-state index contributed by atoms with van der Waals surface area (Å²) in [6, 6.07) is 0. The summed E-state index contributed by atoms with van der Waals surface area (Å²) in [5.41, 5.74) is 2.10. The molecule has 0 bridgehead atoms. The van der Waals surface area contributed by atoms with E-state index in [0.717, 1.165) is 5.56 Å². The Morgan fingerprint density at radius 1 is 1.18 bits per heavy atom. The van der Waals surface area contributed by atoms with Gasteiger partial charge in [0.05, 0.1) is 18.3 Å². The molecular weight excluding hydrogens is 238 g/mol. The zero-order valence-corrected chi connectivity index (χ0v) is 11.0. The Morgan fingerprint density at radius 2 is 1.82 bits per heavy atom. The van der Waals surface area contributed by atoms with Crippen LogP contribution in [0.3, 0.4) is 0 Å². The van der Waals surface area contributed by atoms with Crippen LogP contribution < -0.4 is 4.74 Å². The van der Waals surface area contributed by atoms with Crippen LogP contribution in [0.15, 0.2) is 12.4 Å². The van der Waals surface area contributed by atoms with Crippen molar-refractivity contribution in [3.05, 3.63) is 23.0 Å². The van der Waals surface area contributed by atoms with E-state index >= 15 is 0 Å². The van der Waals surface area contributed by atoms with Gasteiger partial charge in [0.1, 0.15) is 5.52 Å². The molecule has 0 aromatic carbocycles. The third kappa shape index (κ3) is 2.17. The lowest BCUT2D eigenvalue weighted by atomic mass is 9.87. The molecule has 0 amide bonds. The van der Waals surface area contributed by atoms with Gasteiger partial charge in [-0.15, -0.1) is 0 Å². The third-order valence-electron chi connectivity index (χ3n) is 2.47. The van der Waals surface area contributed by atoms with Crippen molar-refractivity contribution in [1.29, 1.82) is 0 Å². The SMILES string of the molecule is COc1cnc2ncc(Cl)c(C(C)(C)C)c2n1. The van der Waals surface area contributed by atoms with Gasteiger partial charge in [0, 0.05) is 11.8 Å². The van der Waals surface area contributed by atoms with Crippen molar-refractivity contribution in [3.63, 3.8) is 0 Å². The first-order valence-electron chi connectivity index (χ1n) is 5.29. The molecule has 0 aliphatic heterocycles. The zero-order chi connectivity index (χ0) is 12.6. The van der Waals surface area contributed by atoms with Crippen LogP contribution in [0.1, 0.15) is 26.3 Å². The number of halogens is 1. The normalized spacial score (nSPS) is 11.8. The van der Waals surface area contributed by atoms with E-state index in [4.69, 9.17) is 16.3 Å². The number of hydrogen-bond donors (Lipinski definition) is 0. The number of hydrogen-bond acceptors (Lipinski definition) is 4. The second-order valence-corrected chi connectivity index (χ2v) is 5.22. The Bertz CT molecular complexity index is 563. The highest BCUT2D eigenvalue weighted by molar-refractivity contribution is 6.32. The molecule has 2 aromatic rings. The van der Waals surface area contributed by atoms with Crippen molar-refractivity contribution >= 4 is 22.8 Å². The van der Waals surface area contributed by atoms with Crippen molar-refractivity contribution < 1.29 is 4.74 Å². The van der Waals surface area contributed by atoms with Crippen LogP contribution in [0, 0.1) is 0 Å². The molecule has 0 aliphatic rings. The molecule has 0 saturated carbocycles. The van der Waals surface area contributed by atoms with Crippen molar-refractivity contribution in [2.75, 3.05) is 7.11 Å². The standard InChI is InChI=1S/C12H14ClN3O/c1-12(2,3)9-7(13)5-14-11-10(9)16-8(17-4)6-15-11/h5-6H,1-4H3. The first-order valence-corrected chi connectivity index (χ1v) is 5.67. The molecule has 0 saturated heterocycles. The predicted octanol–water partition coefficient (Wildman–Crippen LogP) is 2.98. The molecule has 0 atom stereocenters. The Balaban J connectivity index is 2.83. The second-order valence-electron chi connectivity index (χ2n) is 4.82. The number of fused-ring (bicyclic) bond motifs is 1. The van der Waals surface area contributed by atoms with E-state index in [-0.39, 0.29) is 5.41 Å². The average Bonchev–Trinajstić information content (AvgIpc) is 2.26. The minimum atomic E-state index is -0.126. The number of aromatic nitrogens is 3. The summed E-state index contributed by atoms with van der Waals surface area (Å²) >= 11 is 6.21. The number of pyridine rings is 1. The maximum Gasteiger partial charge on any atom is 0.232 e. The summed E-state index contributed by atoms with van der Waals surface area (Å²) < 4.78 is 5.09. The Hall–Kier alpha value is -1.42. The zero-order valence-electron chi connectivity index (χ0n) is 10.3. The summed E-state index contributed by atoms with van der Waals surface area (Å²) in [5.74, 6) is 0.465. The molecule has 0 radical (unpaired) electrons. The molecule has 2 aromatic heterocycles. The van der Waals surface area contributed by atoms with Gasteiger partial charge < -0.3 is 4.74 Å². The van der Waals surface area contributed by atoms with Crippen LogP contribution in [0.5, 0.6) is 5.88 Å². The number of ether oxygens (including phenoxy) is 1. The predicted molar refractivity (Wildman–Crippen MR) is 67.6 cm³/mol. The van der Waals surface area contributed by atoms with Crippen molar-refractivity contribution in [2.24, 2.45) is 0 Å². The lowest BCUT2D eigenvalue weighted by molar-refractivity contribution is 0.397. The molecular formula is C12H14ClN3O. The largest absolute Gasteiger partial charge is 0.480 e. The summed E-state index contributed by atoms with van der Waals surface area (Å²) in [7, 11) is 1.56. The van der Waals surface area contributed by atoms with Gasteiger partial charge in [0.2, 0.25) is 5.88 Å². The van der Waals surface area contributed by atoms with Gasteiger partial charge in [0.25, 0.3) is 0 Å². The molecule has 5 heteroatoms. The van der Waals surface area contributed by atoms with Crippen molar-refractivity contribution in [3.8, 4) is 5.88 Å². The quantitative estimate of drug-likeness (QED) is 0.782. The van der Waals surface area contributed by atoms with E-state index in [1.54, 1.807) is 19.5 Å². The van der Waals surface area contributed by atoms with Gasteiger partial charge in [-0.05, 0) is 5.41 Å². The topological polar surface area (TPSA) is 47.9 Å². The smallest absolute Gasteiger partial charge is 0.232 e. The molecule has 0 aliphatic carbocycles. The van der Waals surface area contributed by atoms with E-state index in [1.807, 2.05) is 0 Å². The molecule has 0 unspecified atom stereocenters. The Morgan fingerprint density at radius 3 is 2.41 bits per heavy atom. The van der Waals surface area contributed by atoms with Crippen molar-refractivity contribution in [2.45, 2.75) is 26.2 Å². The molecule has 90 valence electrons. The summed E-state index contributed by atoms with van der Waals surface area (Å²) in [6.07, 6.45) is 3.17. The lowest BCUT2D eigenvalue weighted by Gasteiger charge is -2.21. The number of methoxy groups -OCH3 is 1. The van der Waals surface area contributed by atoms with Crippen LogP contribution in [0.25, 0.3) is 11.2 Å². The minimum Gasteiger partial charge on any atom is -0.480 e. The van der Waals surface area contributed by atoms with E-state index < -0.39 is 0 Å². The van der Waals surface area contributed by atoms with Gasteiger partial charge in [-0.25, -0.2) is 15.0 Å². The van der Waals surface area contributed by atoms with E-state index in [2.05, 4.69) is 35.7 Å². The molecule has 4 nitrogen and oxygen atoms in total. The molecule has 2 heterocycles. The summed E-state index contributed by atoms with van der Waals surface area (Å²) in [4.78, 5) is 12.8. The molecule has 0 fully saturated rings. The number of rotatable bonds is 1. The molecule has 0 spiro atoms. The first kappa shape index (κ1) is 12.0. The van der Waals surface area contributed by atoms with Gasteiger partial charge in [-0.1, -0.05) is 32.4 Å². The maximum atomic E-state index is 6.21. The van der Waals surface area contributed by atoms with Gasteiger partial charge in [-0.2, -0.15) is 0 Å². The monoisotopic (exact) mass is 251 g/mol. The maximum absolute atomic E-state index is 6.21. The fourth-order valence-electron chi connectivity index (χ4n) is 1.74. The fourth-order valence-corrected chi connectivity index (χ4v) is 2.16. The molecule has 17 heavy (non-hydrogen) atoms. The summed E-state index contributed by atoms with van der Waals surface area (Å²) in [5, 5.41) is 0.604.